The van der Waals surface area contributed by atoms with Gasteiger partial charge in [-0.2, -0.15) is 13.2 Å². The van der Waals surface area contributed by atoms with Gasteiger partial charge in [-0.25, -0.2) is 0 Å². The number of fused-ring (bicyclic) bond motifs is 1. The van der Waals surface area contributed by atoms with Crippen LogP contribution in [0.5, 0.6) is 5.75 Å². The van der Waals surface area contributed by atoms with Crippen molar-refractivity contribution in [3.05, 3.63) is 48.0 Å². The highest BCUT2D eigenvalue weighted by atomic mass is 19.4. The Kier molecular flexibility index (Phi) is 5.04. The van der Waals surface area contributed by atoms with Crippen LogP contribution in [0.4, 0.5) is 19.0 Å². The van der Waals surface area contributed by atoms with E-state index in [0.29, 0.717) is 29.4 Å². The Bertz CT molecular complexity index is 1040. The summed E-state index contributed by atoms with van der Waals surface area (Å²) in [6.45, 7) is 0. The summed E-state index contributed by atoms with van der Waals surface area (Å²) in [5.41, 5.74) is -0.437. The second-order valence-electron chi connectivity index (χ2n) is 7.33. The zero-order chi connectivity index (χ0) is 20.6. The minimum absolute atomic E-state index is 0.0711. The van der Waals surface area contributed by atoms with E-state index in [-0.39, 0.29) is 17.7 Å². The maximum Gasteiger partial charge on any atom is 0.416 e. The van der Waals surface area contributed by atoms with E-state index in [4.69, 9.17) is 0 Å². The van der Waals surface area contributed by atoms with Crippen LogP contribution in [-0.2, 0) is 6.18 Å². The Labute approximate surface area is 165 Å². The van der Waals surface area contributed by atoms with E-state index in [0.717, 1.165) is 30.7 Å². The zero-order valence-corrected chi connectivity index (χ0v) is 15.4. The molecule has 2 atom stereocenters. The number of aliphatic hydroxyl groups excluding tert-OH is 1. The van der Waals surface area contributed by atoms with E-state index in [2.05, 4.69) is 15.5 Å². The summed E-state index contributed by atoms with van der Waals surface area (Å²) in [4.78, 5) is 0. The number of hydrogen-bond acceptors (Lipinski definition) is 5. The maximum absolute atomic E-state index is 12.9. The quantitative estimate of drug-likeness (QED) is 0.589. The molecule has 4 rings (SSSR count). The SMILES string of the molecule is Oc1cc(C(F)(F)F)ccc1-c1nnc(NC2CCCC(O)C2)c2ccccc12. The first kappa shape index (κ1) is 19.4. The van der Waals surface area contributed by atoms with E-state index in [1.807, 2.05) is 12.1 Å². The van der Waals surface area contributed by atoms with Crippen molar-refractivity contribution < 1.29 is 23.4 Å². The molecule has 8 heteroatoms. The molecule has 152 valence electrons. The summed E-state index contributed by atoms with van der Waals surface area (Å²) in [7, 11) is 0. The van der Waals surface area contributed by atoms with Crippen LogP contribution in [0, 0.1) is 0 Å². The van der Waals surface area contributed by atoms with Crippen molar-refractivity contribution in [1.82, 2.24) is 10.2 Å². The molecule has 2 unspecified atom stereocenters. The fourth-order valence-electron chi connectivity index (χ4n) is 3.81. The lowest BCUT2D eigenvalue weighted by Crippen LogP contribution is -2.30. The second-order valence-corrected chi connectivity index (χ2v) is 7.33. The van der Waals surface area contributed by atoms with E-state index < -0.39 is 17.5 Å². The highest BCUT2D eigenvalue weighted by molar-refractivity contribution is 6.00. The molecule has 1 aliphatic rings. The Morgan fingerprint density at radius 1 is 1.00 bits per heavy atom. The molecule has 0 saturated heterocycles. The molecule has 29 heavy (non-hydrogen) atoms. The lowest BCUT2D eigenvalue weighted by Gasteiger charge is -2.27. The van der Waals surface area contributed by atoms with Gasteiger partial charge in [0, 0.05) is 22.4 Å². The van der Waals surface area contributed by atoms with Gasteiger partial charge in [0.05, 0.1) is 11.7 Å². The van der Waals surface area contributed by atoms with Gasteiger partial charge in [0.15, 0.2) is 5.82 Å². The molecular formula is C21H20F3N3O2. The molecule has 5 nitrogen and oxygen atoms in total. The largest absolute Gasteiger partial charge is 0.507 e. The highest BCUT2D eigenvalue weighted by Gasteiger charge is 2.31. The summed E-state index contributed by atoms with van der Waals surface area (Å²) >= 11 is 0. The smallest absolute Gasteiger partial charge is 0.416 e. The van der Waals surface area contributed by atoms with Crippen molar-refractivity contribution in [2.45, 2.75) is 44.0 Å². The first-order valence-electron chi connectivity index (χ1n) is 9.43. The summed E-state index contributed by atoms with van der Waals surface area (Å²) in [6.07, 6.45) is -1.64. The van der Waals surface area contributed by atoms with Gasteiger partial charge in [0.25, 0.3) is 0 Å². The molecule has 1 fully saturated rings. The monoisotopic (exact) mass is 403 g/mol. The number of hydrogen-bond donors (Lipinski definition) is 3. The van der Waals surface area contributed by atoms with Gasteiger partial charge in [-0.15, -0.1) is 10.2 Å². The molecular weight excluding hydrogens is 383 g/mol. The van der Waals surface area contributed by atoms with Crippen LogP contribution in [0.25, 0.3) is 22.0 Å². The number of benzene rings is 2. The van der Waals surface area contributed by atoms with Crippen LogP contribution >= 0.6 is 0 Å². The van der Waals surface area contributed by atoms with Gasteiger partial charge in [-0.3, -0.25) is 0 Å². The average molecular weight is 403 g/mol. The summed E-state index contributed by atoms with van der Waals surface area (Å²) in [6, 6.07) is 10.2. The van der Waals surface area contributed by atoms with Crippen LogP contribution in [0.15, 0.2) is 42.5 Å². The third kappa shape index (κ3) is 3.98. The molecule has 2 aromatic carbocycles. The molecule has 3 N–H and O–H groups in total. The van der Waals surface area contributed by atoms with Gasteiger partial charge in [-0.05, 0) is 43.9 Å². The minimum atomic E-state index is -4.54. The first-order valence-corrected chi connectivity index (χ1v) is 9.43. The number of anilines is 1. The van der Waals surface area contributed by atoms with Crippen LogP contribution in [0.3, 0.4) is 0 Å². The maximum atomic E-state index is 12.9. The number of rotatable bonds is 3. The van der Waals surface area contributed by atoms with E-state index in [1.54, 1.807) is 12.1 Å². The van der Waals surface area contributed by atoms with Gasteiger partial charge in [-0.1, -0.05) is 24.3 Å². The standard InChI is InChI=1S/C21H20F3N3O2/c22-21(23,24)12-8-9-17(18(29)10-12)19-15-6-1-2-7-16(15)20(27-26-19)25-13-4-3-5-14(28)11-13/h1-2,6-10,13-14,28-29H,3-5,11H2,(H,25,27). The summed E-state index contributed by atoms with van der Waals surface area (Å²) < 4.78 is 38.7. The fourth-order valence-corrected chi connectivity index (χ4v) is 3.81. The lowest BCUT2D eigenvalue weighted by atomic mass is 9.93. The predicted molar refractivity (Wildman–Crippen MR) is 104 cm³/mol. The normalized spacial score (nSPS) is 20.0. The number of aromatic nitrogens is 2. The van der Waals surface area contributed by atoms with Gasteiger partial charge < -0.3 is 15.5 Å². The van der Waals surface area contributed by atoms with Gasteiger partial charge in [0.1, 0.15) is 11.4 Å². The molecule has 0 spiro atoms. The number of nitrogens with zero attached hydrogens (tertiary/aromatic N) is 2. The Morgan fingerprint density at radius 3 is 2.45 bits per heavy atom. The molecule has 1 aromatic heterocycles. The molecule has 1 saturated carbocycles. The van der Waals surface area contributed by atoms with E-state index in [9.17, 15) is 23.4 Å². The zero-order valence-electron chi connectivity index (χ0n) is 15.4. The number of alkyl halides is 3. The van der Waals surface area contributed by atoms with Gasteiger partial charge in [0.2, 0.25) is 0 Å². The number of aromatic hydroxyl groups is 1. The summed E-state index contributed by atoms with van der Waals surface area (Å²) in [5.74, 6) is 0.0465. The van der Waals surface area contributed by atoms with E-state index >= 15 is 0 Å². The Balaban J connectivity index is 1.74. The van der Waals surface area contributed by atoms with Crippen molar-refractivity contribution >= 4 is 16.6 Å². The van der Waals surface area contributed by atoms with Crippen molar-refractivity contribution in [3.8, 4) is 17.0 Å². The average Bonchev–Trinajstić information content (AvgIpc) is 2.68. The number of phenolic OH excluding ortho intramolecular Hbond substituents is 1. The van der Waals surface area contributed by atoms with Crippen LogP contribution in [-0.4, -0.2) is 32.6 Å². The fraction of sp³-hybridized carbons (Fsp3) is 0.333. The number of nitrogens with one attached hydrogen (secondary N) is 1. The Hall–Kier alpha value is -2.87. The third-order valence-corrected chi connectivity index (χ3v) is 5.25. The molecule has 1 heterocycles. The highest BCUT2D eigenvalue weighted by Crippen LogP contribution is 2.39. The third-order valence-electron chi connectivity index (χ3n) is 5.25. The van der Waals surface area contributed by atoms with Crippen LogP contribution in [0.1, 0.15) is 31.2 Å². The number of aliphatic hydroxyl groups is 1. The second kappa shape index (κ2) is 7.51. The lowest BCUT2D eigenvalue weighted by molar-refractivity contribution is -0.137. The van der Waals surface area contributed by atoms with Crippen LogP contribution in [0.2, 0.25) is 0 Å². The molecule has 3 aromatic rings. The topological polar surface area (TPSA) is 78.3 Å². The van der Waals surface area contributed by atoms with Crippen molar-refractivity contribution in [1.29, 1.82) is 0 Å². The van der Waals surface area contributed by atoms with Crippen LogP contribution < -0.4 is 5.32 Å². The predicted octanol–water partition coefficient (Wildman–Crippen LogP) is 4.74. The van der Waals surface area contributed by atoms with E-state index in [1.165, 1.54) is 6.07 Å². The first-order chi connectivity index (χ1) is 13.8. The minimum Gasteiger partial charge on any atom is -0.507 e. The van der Waals surface area contributed by atoms with Gasteiger partial charge >= 0.3 is 6.18 Å². The van der Waals surface area contributed by atoms with Crippen molar-refractivity contribution in [2.75, 3.05) is 5.32 Å². The number of phenols is 1. The van der Waals surface area contributed by atoms with Crippen molar-refractivity contribution in [2.24, 2.45) is 0 Å². The number of halogens is 3. The molecule has 0 amide bonds. The Morgan fingerprint density at radius 2 is 1.76 bits per heavy atom. The molecule has 0 radical (unpaired) electrons. The summed E-state index contributed by atoms with van der Waals surface area (Å²) in [5, 5.41) is 33.3. The molecule has 0 bridgehead atoms. The van der Waals surface area contributed by atoms with Crippen molar-refractivity contribution in [3.63, 3.8) is 0 Å². The molecule has 1 aliphatic carbocycles. The molecule has 0 aliphatic heterocycles.